The van der Waals surface area contributed by atoms with E-state index in [0.717, 1.165) is 42.9 Å². The van der Waals surface area contributed by atoms with Crippen LogP contribution in [0.25, 0.3) is 11.5 Å². The maximum absolute atomic E-state index is 6.43. The van der Waals surface area contributed by atoms with Gasteiger partial charge in [0, 0.05) is 0 Å². The maximum Gasteiger partial charge on any atom is 0.261 e. The average molecular weight is 261 g/mol. The van der Waals surface area contributed by atoms with Crippen LogP contribution < -0.4 is 5.73 Å². The molecule has 102 valence electrons. The van der Waals surface area contributed by atoms with Gasteiger partial charge in [0.1, 0.15) is 12.0 Å². The molecule has 0 aromatic carbocycles. The second kappa shape index (κ2) is 4.49. The van der Waals surface area contributed by atoms with Gasteiger partial charge in [-0.1, -0.05) is 12.1 Å². The summed E-state index contributed by atoms with van der Waals surface area (Å²) in [5, 5.41) is 4.07. The van der Waals surface area contributed by atoms with E-state index in [1.165, 1.54) is 0 Å². The van der Waals surface area contributed by atoms with Crippen LogP contribution in [0.3, 0.4) is 0 Å². The fraction of sp³-hybridized carbons (Fsp3) is 0.571. The number of hydrogen-bond donors (Lipinski definition) is 1. The molecule has 0 radical (unpaired) electrons. The first-order valence-electron chi connectivity index (χ1n) is 6.75. The minimum atomic E-state index is -0.437. The lowest BCUT2D eigenvalue weighted by Gasteiger charge is -2.33. The molecule has 2 aromatic heterocycles. The molecule has 1 saturated carbocycles. The zero-order valence-corrected chi connectivity index (χ0v) is 11.3. The fourth-order valence-electron chi connectivity index (χ4n) is 2.60. The van der Waals surface area contributed by atoms with Gasteiger partial charge in [-0.15, -0.1) is 0 Å². The smallest absolute Gasteiger partial charge is 0.261 e. The molecule has 0 amide bonds. The molecule has 0 saturated heterocycles. The number of aromatic nitrogens is 2. The summed E-state index contributed by atoms with van der Waals surface area (Å²) >= 11 is 0. The number of rotatable bonds is 2. The van der Waals surface area contributed by atoms with Crippen LogP contribution in [0, 0.1) is 12.8 Å². The molecule has 0 aliphatic heterocycles. The number of hydrogen-bond acceptors (Lipinski definition) is 5. The number of furan rings is 1. The lowest BCUT2D eigenvalue weighted by molar-refractivity contribution is 0.230. The van der Waals surface area contributed by atoms with Crippen molar-refractivity contribution in [3.8, 4) is 11.5 Å². The van der Waals surface area contributed by atoms with Gasteiger partial charge in [0.2, 0.25) is 0 Å². The van der Waals surface area contributed by atoms with Crippen LogP contribution >= 0.6 is 0 Å². The quantitative estimate of drug-likeness (QED) is 0.899. The van der Waals surface area contributed by atoms with Crippen molar-refractivity contribution in [3.05, 3.63) is 23.9 Å². The second-order valence-corrected chi connectivity index (χ2v) is 5.71. The van der Waals surface area contributed by atoms with Gasteiger partial charge in [0.05, 0.1) is 11.1 Å². The van der Waals surface area contributed by atoms with E-state index in [2.05, 4.69) is 17.1 Å². The van der Waals surface area contributed by atoms with Crippen molar-refractivity contribution in [2.24, 2.45) is 11.7 Å². The van der Waals surface area contributed by atoms with Crippen molar-refractivity contribution in [3.63, 3.8) is 0 Å². The summed E-state index contributed by atoms with van der Waals surface area (Å²) in [4.78, 5) is 4.45. The molecular weight excluding hydrogens is 242 g/mol. The van der Waals surface area contributed by atoms with Crippen LogP contribution in [0.4, 0.5) is 0 Å². The number of aryl methyl sites for hydroxylation is 1. The average Bonchev–Trinajstić information content (AvgIpc) is 3.02. The van der Waals surface area contributed by atoms with E-state index in [0.29, 0.717) is 11.7 Å². The highest BCUT2D eigenvalue weighted by molar-refractivity contribution is 5.51. The van der Waals surface area contributed by atoms with Gasteiger partial charge in [-0.05, 0) is 44.6 Å². The van der Waals surface area contributed by atoms with E-state index in [-0.39, 0.29) is 0 Å². The predicted octanol–water partition coefficient (Wildman–Crippen LogP) is 3.00. The van der Waals surface area contributed by atoms with E-state index < -0.39 is 5.54 Å². The molecule has 5 nitrogen and oxygen atoms in total. The molecule has 0 atom stereocenters. The van der Waals surface area contributed by atoms with Crippen LogP contribution in [0.5, 0.6) is 0 Å². The van der Waals surface area contributed by atoms with Gasteiger partial charge in [-0.2, -0.15) is 4.98 Å². The molecule has 0 bridgehead atoms. The summed E-state index contributed by atoms with van der Waals surface area (Å²) in [6.45, 7) is 4.14. The molecule has 2 heterocycles. The van der Waals surface area contributed by atoms with Crippen LogP contribution in [0.2, 0.25) is 0 Å². The Labute approximate surface area is 112 Å². The minimum Gasteiger partial charge on any atom is -0.469 e. The van der Waals surface area contributed by atoms with Crippen molar-refractivity contribution in [1.82, 2.24) is 10.1 Å². The Morgan fingerprint density at radius 3 is 2.74 bits per heavy atom. The highest BCUT2D eigenvalue weighted by Gasteiger charge is 2.36. The minimum absolute atomic E-state index is 0.437. The van der Waals surface area contributed by atoms with Crippen LogP contribution in [0.15, 0.2) is 21.3 Å². The van der Waals surface area contributed by atoms with Crippen molar-refractivity contribution in [1.29, 1.82) is 0 Å². The molecule has 19 heavy (non-hydrogen) atoms. The number of nitrogens with two attached hydrogens (primary N) is 1. The van der Waals surface area contributed by atoms with Crippen molar-refractivity contribution >= 4 is 0 Å². The molecule has 1 fully saturated rings. The van der Waals surface area contributed by atoms with Crippen LogP contribution in [0.1, 0.15) is 44.2 Å². The zero-order chi connectivity index (χ0) is 13.5. The summed E-state index contributed by atoms with van der Waals surface area (Å²) in [5.41, 5.74) is 6.80. The summed E-state index contributed by atoms with van der Waals surface area (Å²) in [5.74, 6) is 2.66. The Morgan fingerprint density at radius 2 is 2.11 bits per heavy atom. The molecule has 5 heteroatoms. The molecule has 0 spiro atoms. The Hall–Kier alpha value is -1.62. The Morgan fingerprint density at radius 1 is 1.37 bits per heavy atom. The molecule has 1 aliphatic carbocycles. The van der Waals surface area contributed by atoms with E-state index >= 15 is 0 Å². The zero-order valence-electron chi connectivity index (χ0n) is 11.3. The highest BCUT2D eigenvalue weighted by Crippen LogP contribution is 2.36. The van der Waals surface area contributed by atoms with Gasteiger partial charge < -0.3 is 14.7 Å². The predicted molar refractivity (Wildman–Crippen MR) is 70.2 cm³/mol. The molecule has 0 unspecified atom stereocenters. The first-order chi connectivity index (χ1) is 9.07. The van der Waals surface area contributed by atoms with Gasteiger partial charge in [-0.3, -0.25) is 0 Å². The van der Waals surface area contributed by atoms with E-state index in [9.17, 15) is 0 Å². The van der Waals surface area contributed by atoms with E-state index in [1.807, 2.05) is 13.0 Å². The fourth-order valence-corrected chi connectivity index (χ4v) is 2.60. The third-order valence-corrected chi connectivity index (χ3v) is 4.02. The molecule has 1 aliphatic rings. The van der Waals surface area contributed by atoms with Crippen molar-refractivity contribution in [2.75, 3.05) is 0 Å². The van der Waals surface area contributed by atoms with Crippen molar-refractivity contribution < 1.29 is 8.94 Å². The molecular formula is C14H19N3O2. The second-order valence-electron chi connectivity index (χ2n) is 5.71. The Bertz CT molecular complexity index is 565. The SMILES string of the molecule is Cc1cc(-c2nc(C3(N)CCC(C)CC3)no2)co1. The standard InChI is InChI=1S/C14H19N3O2/c1-9-3-5-14(15,6-4-9)13-16-12(19-17-13)11-7-10(2)18-8-11/h7-9H,3-6,15H2,1-2H3. The van der Waals surface area contributed by atoms with Gasteiger partial charge in [-0.25, -0.2) is 0 Å². The third-order valence-electron chi connectivity index (χ3n) is 4.02. The summed E-state index contributed by atoms with van der Waals surface area (Å²) in [6.07, 6.45) is 5.68. The molecule has 3 rings (SSSR count). The van der Waals surface area contributed by atoms with Crippen LogP contribution in [-0.4, -0.2) is 10.1 Å². The van der Waals surface area contributed by atoms with E-state index in [4.69, 9.17) is 14.7 Å². The van der Waals surface area contributed by atoms with E-state index in [1.54, 1.807) is 6.26 Å². The Kier molecular flexibility index (Phi) is 2.93. The molecule has 2 N–H and O–H groups in total. The first-order valence-corrected chi connectivity index (χ1v) is 6.75. The van der Waals surface area contributed by atoms with Gasteiger partial charge >= 0.3 is 0 Å². The maximum atomic E-state index is 6.43. The van der Waals surface area contributed by atoms with Crippen molar-refractivity contribution in [2.45, 2.75) is 45.1 Å². The number of nitrogens with zero attached hydrogens (tertiary/aromatic N) is 2. The first kappa shape index (κ1) is 12.4. The lowest BCUT2D eigenvalue weighted by atomic mass is 9.77. The topological polar surface area (TPSA) is 78.1 Å². The molecule has 2 aromatic rings. The normalized spacial score (nSPS) is 27.6. The monoisotopic (exact) mass is 261 g/mol. The highest BCUT2D eigenvalue weighted by atomic mass is 16.5. The lowest BCUT2D eigenvalue weighted by Crippen LogP contribution is -2.41. The van der Waals surface area contributed by atoms with Gasteiger partial charge in [0.25, 0.3) is 5.89 Å². The summed E-state index contributed by atoms with van der Waals surface area (Å²) in [6, 6.07) is 1.88. The Balaban J connectivity index is 1.85. The summed E-state index contributed by atoms with van der Waals surface area (Å²) < 4.78 is 10.6. The summed E-state index contributed by atoms with van der Waals surface area (Å²) in [7, 11) is 0. The third kappa shape index (κ3) is 2.30. The van der Waals surface area contributed by atoms with Crippen LogP contribution in [-0.2, 0) is 5.54 Å². The van der Waals surface area contributed by atoms with Gasteiger partial charge in [0.15, 0.2) is 5.82 Å². The largest absolute Gasteiger partial charge is 0.469 e.